The Balaban J connectivity index is 1.68. The SMILES string of the molecule is CC(CC1CCOCC1)NC(C)CC(O)c1cccs1. The molecule has 1 fully saturated rings. The third-order valence-corrected chi connectivity index (χ3v) is 5.02. The van der Waals surface area contributed by atoms with E-state index in [1.165, 1.54) is 19.3 Å². The summed E-state index contributed by atoms with van der Waals surface area (Å²) < 4.78 is 5.40. The smallest absolute Gasteiger partial charge is 0.0896 e. The highest BCUT2D eigenvalue weighted by Gasteiger charge is 2.19. The van der Waals surface area contributed by atoms with E-state index in [9.17, 15) is 5.11 Å². The summed E-state index contributed by atoms with van der Waals surface area (Å²) in [5.74, 6) is 0.792. The number of aliphatic hydroxyl groups excluding tert-OH is 1. The summed E-state index contributed by atoms with van der Waals surface area (Å²) in [5, 5.41) is 15.8. The van der Waals surface area contributed by atoms with Crippen LogP contribution < -0.4 is 5.32 Å². The highest BCUT2D eigenvalue weighted by atomic mass is 32.1. The average molecular weight is 297 g/mol. The number of aliphatic hydroxyl groups is 1. The molecule has 2 rings (SSSR count). The lowest BCUT2D eigenvalue weighted by Gasteiger charge is -2.27. The van der Waals surface area contributed by atoms with Gasteiger partial charge in [0.2, 0.25) is 0 Å². The fourth-order valence-corrected chi connectivity index (χ4v) is 3.76. The number of hydrogen-bond acceptors (Lipinski definition) is 4. The molecule has 0 bridgehead atoms. The van der Waals surface area contributed by atoms with Crippen molar-refractivity contribution in [3.8, 4) is 0 Å². The van der Waals surface area contributed by atoms with Crippen LogP contribution in [0.2, 0.25) is 0 Å². The second kappa shape index (κ2) is 8.13. The number of thiophene rings is 1. The van der Waals surface area contributed by atoms with E-state index < -0.39 is 0 Å². The standard InChI is InChI=1S/C16H27NO2S/c1-12(10-14-5-7-19-8-6-14)17-13(2)11-15(18)16-4-3-9-20-16/h3-4,9,12-15,17-18H,5-8,10-11H2,1-2H3. The molecular formula is C16H27NO2S. The molecule has 1 aliphatic rings. The van der Waals surface area contributed by atoms with E-state index in [1.807, 2.05) is 17.5 Å². The zero-order valence-electron chi connectivity index (χ0n) is 12.5. The Hall–Kier alpha value is -0.420. The first kappa shape index (κ1) is 16.0. The van der Waals surface area contributed by atoms with Gasteiger partial charge in [-0.25, -0.2) is 0 Å². The van der Waals surface area contributed by atoms with Crippen molar-refractivity contribution in [1.29, 1.82) is 0 Å². The zero-order chi connectivity index (χ0) is 14.4. The quantitative estimate of drug-likeness (QED) is 0.811. The molecule has 2 N–H and O–H groups in total. The van der Waals surface area contributed by atoms with Gasteiger partial charge in [0.05, 0.1) is 6.10 Å². The molecule has 0 radical (unpaired) electrons. The van der Waals surface area contributed by atoms with Crippen LogP contribution in [0.1, 0.15) is 50.5 Å². The van der Waals surface area contributed by atoms with Crippen LogP contribution in [-0.4, -0.2) is 30.4 Å². The van der Waals surface area contributed by atoms with Crippen molar-refractivity contribution in [2.75, 3.05) is 13.2 Å². The summed E-state index contributed by atoms with van der Waals surface area (Å²) in [6.45, 7) is 6.26. The van der Waals surface area contributed by atoms with Crippen molar-refractivity contribution in [2.45, 2.75) is 57.7 Å². The molecule has 1 aliphatic heterocycles. The van der Waals surface area contributed by atoms with Gasteiger partial charge in [0.25, 0.3) is 0 Å². The van der Waals surface area contributed by atoms with Gasteiger partial charge in [0.15, 0.2) is 0 Å². The molecule has 114 valence electrons. The molecule has 1 aromatic heterocycles. The van der Waals surface area contributed by atoms with Crippen molar-refractivity contribution in [1.82, 2.24) is 5.32 Å². The second-order valence-electron chi connectivity index (χ2n) is 6.03. The Morgan fingerprint density at radius 2 is 2.10 bits per heavy atom. The molecule has 0 saturated carbocycles. The highest BCUT2D eigenvalue weighted by molar-refractivity contribution is 7.10. The Kier molecular flexibility index (Phi) is 6.49. The van der Waals surface area contributed by atoms with E-state index in [0.29, 0.717) is 12.1 Å². The van der Waals surface area contributed by atoms with Crippen molar-refractivity contribution in [3.05, 3.63) is 22.4 Å². The maximum atomic E-state index is 10.2. The lowest BCUT2D eigenvalue weighted by molar-refractivity contribution is 0.0604. The van der Waals surface area contributed by atoms with Crippen molar-refractivity contribution >= 4 is 11.3 Å². The molecule has 3 atom stereocenters. The molecule has 0 amide bonds. The Bertz CT molecular complexity index is 363. The van der Waals surface area contributed by atoms with Crippen LogP contribution >= 0.6 is 11.3 Å². The normalized spacial score (nSPS) is 21.6. The largest absolute Gasteiger partial charge is 0.388 e. The van der Waals surface area contributed by atoms with E-state index in [1.54, 1.807) is 11.3 Å². The molecule has 3 unspecified atom stereocenters. The maximum absolute atomic E-state index is 10.2. The van der Waals surface area contributed by atoms with Gasteiger partial charge in [-0.15, -0.1) is 11.3 Å². The molecule has 20 heavy (non-hydrogen) atoms. The predicted molar refractivity (Wildman–Crippen MR) is 84.1 cm³/mol. The summed E-state index contributed by atoms with van der Waals surface area (Å²) in [4.78, 5) is 1.07. The molecule has 0 aromatic carbocycles. The van der Waals surface area contributed by atoms with Crippen LogP contribution in [0.5, 0.6) is 0 Å². The minimum atomic E-state index is -0.340. The van der Waals surface area contributed by atoms with Gasteiger partial charge in [-0.1, -0.05) is 6.07 Å². The summed E-state index contributed by atoms with van der Waals surface area (Å²) in [6, 6.07) is 4.84. The Labute approximate surface area is 126 Å². The number of nitrogens with one attached hydrogen (secondary N) is 1. The molecule has 0 aliphatic carbocycles. The minimum absolute atomic E-state index is 0.335. The van der Waals surface area contributed by atoms with Gasteiger partial charge >= 0.3 is 0 Å². The first-order valence-electron chi connectivity index (χ1n) is 7.70. The Morgan fingerprint density at radius 3 is 2.75 bits per heavy atom. The summed E-state index contributed by atoms with van der Waals surface area (Å²) >= 11 is 1.63. The fraction of sp³-hybridized carbons (Fsp3) is 0.750. The first-order chi connectivity index (χ1) is 9.65. The lowest BCUT2D eigenvalue weighted by atomic mass is 9.92. The van der Waals surface area contributed by atoms with E-state index in [-0.39, 0.29) is 6.10 Å². The van der Waals surface area contributed by atoms with Gasteiger partial charge < -0.3 is 15.2 Å². The van der Waals surface area contributed by atoms with Crippen LogP contribution in [-0.2, 0) is 4.74 Å². The summed E-state index contributed by atoms with van der Waals surface area (Å²) in [5.41, 5.74) is 0. The lowest BCUT2D eigenvalue weighted by Crippen LogP contribution is -2.37. The molecule has 2 heterocycles. The van der Waals surface area contributed by atoms with Crippen molar-refractivity contribution in [2.24, 2.45) is 5.92 Å². The molecule has 4 heteroatoms. The molecule has 1 aromatic rings. The molecule has 1 saturated heterocycles. The van der Waals surface area contributed by atoms with Crippen LogP contribution in [0, 0.1) is 5.92 Å². The molecular weight excluding hydrogens is 270 g/mol. The van der Waals surface area contributed by atoms with Crippen molar-refractivity contribution in [3.63, 3.8) is 0 Å². The first-order valence-corrected chi connectivity index (χ1v) is 8.58. The van der Waals surface area contributed by atoms with E-state index >= 15 is 0 Å². The number of hydrogen-bond donors (Lipinski definition) is 2. The van der Waals surface area contributed by atoms with E-state index in [0.717, 1.165) is 30.4 Å². The van der Waals surface area contributed by atoms with Crippen LogP contribution in [0.15, 0.2) is 17.5 Å². The van der Waals surface area contributed by atoms with E-state index in [2.05, 4.69) is 19.2 Å². The van der Waals surface area contributed by atoms with Gasteiger partial charge in [0, 0.05) is 30.2 Å². The van der Waals surface area contributed by atoms with Gasteiger partial charge in [-0.05, 0) is 56.9 Å². The topological polar surface area (TPSA) is 41.5 Å². The third kappa shape index (κ3) is 5.17. The van der Waals surface area contributed by atoms with Crippen LogP contribution in [0.25, 0.3) is 0 Å². The molecule has 0 spiro atoms. The third-order valence-electron chi connectivity index (χ3n) is 4.05. The van der Waals surface area contributed by atoms with Gasteiger partial charge in [0.1, 0.15) is 0 Å². The Morgan fingerprint density at radius 1 is 1.35 bits per heavy atom. The van der Waals surface area contributed by atoms with Gasteiger partial charge in [-0.2, -0.15) is 0 Å². The average Bonchev–Trinajstić information content (AvgIpc) is 2.93. The van der Waals surface area contributed by atoms with E-state index in [4.69, 9.17) is 4.74 Å². The molecule has 3 nitrogen and oxygen atoms in total. The summed E-state index contributed by atoms with van der Waals surface area (Å²) in [6.07, 6.45) is 4.03. The fourth-order valence-electron chi connectivity index (χ4n) is 3.04. The highest BCUT2D eigenvalue weighted by Crippen LogP contribution is 2.24. The van der Waals surface area contributed by atoms with Crippen molar-refractivity contribution < 1.29 is 9.84 Å². The van der Waals surface area contributed by atoms with Gasteiger partial charge in [-0.3, -0.25) is 0 Å². The second-order valence-corrected chi connectivity index (χ2v) is 7.01. The maximum Gasteiger partial charge on any atom is 0.0896 e. The van der Waals surface area contributed by atoms with Crippen LogP contribution in [0.3, 0.4) is 0 Å². The predicted octanol–water partition coefficient (Wildman–Crippen LogP) is 3.35. The number of ether oxygens (including phenoxy) is 1. The zero-order valence-corrected chi connectivity index (χ0v) is 13.4. The monoisotopic (exact) mass is 297 g/mol. The van der Waals surface area contributed by atoms with Crippen LogP contribution in [0.4, 0.5) is 0 Å². The number of rotatable bonds is 7. The minimum Gasteiger partial charge on any atom is -0.388 e. The summed E-state index contributed by atoms with van der Waals surface area (Å²) in [7, 11) is 0.